The summed E-state index contributed by atoms with van der Waals surface area (Å²) in [4.78, 5) is 11.6. The Morgan fingerprint density at radius 1 is 1.05 bits per heavy atom. The summed E-state index contributed by atoms with van der Waals surface area (Å²) in [5.74, 6) is 8.00. The van der Waals surface area contributed by atoms with Crippen molar-refractivity contribution >= 4 is 13.9 Å². The Morgan fingerprint density at radius 2 is 1.79 bits per heavy atom. The SMILES string of the molecule is C[Si](C)(C)C#CC1C([C@H]2CCC(=O)C2)[C@@H]2CC[C@H]1C2. The summed E-state index contributed by atoms with van der Waals surface area (Å²) in [6.07, 6.45) is 7.06. The van der Waals surface area contributed by atoms with Crippen molar-refractivity contribution in [3.8, 4) is 11.5 Å². The van der Waals surface area contributed by atoms with Gasteiger partial charge in [-0.3, -0.25) is 4.79 Å². The summed E-state index contributed by atoms with van der Waals surface area (Å²) >= 11 is 0. The monoisotopic (exact) mass is 274 g/mol. The van der Waals surface area contributed by atoms with Crippen molar-refractivity contribution in [1.29, 1.82) is 0 Å². The van der Waals surface area contributed by atoms with Gasteiger partial charge in [-0.15, -0.1) is 11.5 Å². The van der Waals surface area contributed by atoms with Gasteiger partial charge >= 0.3 is 0 Å². The Morgan fingerprint density at radius 3 is 2.42 bits per heavy atom. The lowest BCUT2D eigenvalue weighted by molar-refractivity contribution is -0.117. The van der Waals surface area contributed by atoms with E-state index in [4.69, 9.17) is 0 Å². The van der Waals surface area contributed by atoms with Gasteiger partial charge in [0.05, 0.1) is 0 Å². The zero-order chi connectivity index (χ0) is 13.6. The van der Waals surface area contributed by atoms with E-state index in [9.17, 15) is 4.79 Å². The summed E-state index contributed by atoms with van der Waals surface area (Å²) in [6, 6.07) is 0. The highest BCUT2D eigenvalue weighted by Crippen LogP contribution is 2.56. The molecule has 0 N–H and O–H groups in total. The maximum absolute atomic E-state index is 11.6. The number of hydrogen-bond acceptors (Lipinski definition) is 1. The first-order valence-electron chi connectivity index (χ1n) is 7.98. The van der Waals surface area contributed by atoms with Gasteiger partial charge in [-0.2, -0.15) is 0 Å². The van der Waals surface area contributed by atoms with E-state index in [-0.39, 0.29) is 0 Å². The fraction of sp³-hybridized carbons (Fsp3) is 0.824. The molecule has 0 spiro atoms. The van der Waals surface area contributed by atoms with Crippen molar-refractivity contribution < 1.29 is 4.79 Å². The van der Waals surface area contributed by atoms with Crippen LogP contribution in [0.1, 0.15) is 38.5 Å². The number of carbonyl (C=O) groups is 1. The number of rotatable bonds is 1. The summed E-state index contributed by atoms with van der Waals surface area (Å²) in [5, 5.41) is 0. The summed E-state index contributed by atoms with van der Waals surface area (Å²) in [5.41, 5.74) is 3.62. The molecule has 3 aliphatic carbocycles. The molecule has 1 nitrogen and oxygen atoms in total. The lowest BCUT2D eigenvalue weighted by Crippen LogP contribution is -2.28. The van der Waals surface area contributed by atoms with Crippen LogP contribution in [0.2, 0.25) is 19.6 Å². The van der Waals surface area contributed by atoms with Gasteiger partial charge in [0.15, 0.2) is 0 Å². The average molecular weight is 274 g/mol. The van der Waals surface area contributed by atoms with Crippen LogP contribution in [0.5, 0.6) is 0 Å². The molecule has 3 rings (SSSR count). The molecule has 3 fully saturated rings. The molecule has 19 heavy (non-hydrogen) atoms. The molecule has 0 aliphatic heterocycles. The molecule has 5 atom stereocenters. The molecular weight excluding hydrogens is 248 g/mol. The van der Waals surface area contributed by atoms with Gasteiger partial charge in [-0.1, -0.05) is 19.6 Å². The van der Waals surface area contributed by atoms with Crippen molar-refractivity contribution in [3.05, 3.63) is 0 Å². The normalized spacial score (nSPS) is 41.4. The molecule has 2 unspecified atom stereocenters. The largest absolute Gasteiger partial charge is 0.300 e. The topological polar surface area (TPSA) is 17.1 Å². The average Bonchev–Trinajstić information content (AvgIpc) is 2.99. The third kappa shape index (κ3) is 2.68. The molecule has 3 aliphatic rings. The van der Waals surface area contributed by atoms with Crippen LogP contribution in [0.3, 0.4) is 0 Å². The smallest absolute Gasteiger partial charge is 0.133 e. The van der Waals surface area contributed by atoms with Gasteiger partial charge in [0.25, 0.3) is 0 Å². The lowest BCUT2D eigenvalue weighted by atomic mass is 9.72. The Balaban J connectivity index is 1.80. The molecule has 0 amide bonds. The van der Waals surface area contributed by atoms with Gasteiger partial charge in [0.1, 0.15) is 13.9 Å². The van der Waals surface area contributed by atoms with Crippen LogP contribution in [0, 0.1) is 41.1 Å². The minimum atomic E-state index is -1.26. The second-order valence-electron chi connectivity index (χ2n) is 8.00. The van der Waals surface area contributed by atoms with Crippen LogP contribution >= 0.6 is 0 Å². The highest BCUT2D eigenvalue weighted by Gasteiger charge is 2.50. The number of ketones is 1. The predicted octanol–water partition coefficient (Wildman–Crippen LogP) is 3.90. The quantitative estimate of drug-likeness (QED) is 0.523. The first-order valence-corrected chi connectivity index (χ1v) is 11.5. The number of hydrogen-bond donors (Lipinski definition) is 0. The lowest BCUT2D eigenvalue weighted by Gasteiger charge is -2.32. The highest BCUT2D eigenvalue weighted by molar-refractivity contribution is 6.83. The fourth-order valence-corrected chi connectivity index (χ4v) is 5.30. The Labute approximate surface area is 118 Å². The Bertz CT molecular complexity index is 436. The van der Waals surface area contributed by atoms with E-state index >= 15 is 0 Å². The van der Waals surface area contributed by atoms with Crippen molar-refractivity contribution in [1.82, 2.24) is 0 Å². The standard InChI is InChI=1S/C17H26OSi/c1-19(2,3)9-8-16-12-4-5-13(10-12)17(16)14-6-7-15(18)11-14/h12-14,16-17H,4-7,10-11H2,1-3H3/t12-,13+,14-,16?,17?/m0/s1. The minimum Gasteiger partial charge on any atom is -0.300 e. The molecule has 2 heteroatoms. The Kier molecular flexibility index (Phi) is 3.37. The molecule has 0 aromatic rings. The zero-order valence-electron chi connectivity index (χ0n) is 12.5. The number of fused-ring (bicyclic) bond motifs is 2. The van der Waals surface area contributed by atoms with Gasteiger partial charge in [-0.05, 0) is 49.4 Å². The third-order valence-corrected chi connectivity index (χ3v) is 6.32. The molecule has 0 heterocycles. The third-order valence-electron chi connectivity index (χ3n) is 5.42. The van der Waals surface area contributed by atoms with Crippen molar-refractivity contribution in [2.45, 2.75) is 58.2 Å². The molecule has 2 bridgehead atoms. The van der Waals surface area contributed by atoms with Crippen molar-refractivity contribution in [2.24, 2.45) is 29.6 Å². The molecule has 0 aromatic carbocycles. The summed E-state index contributed by atoms with van der Waals surface area (Å²) < 4.78 is 0. The van der Waals surface area contributed by atoms with Gasteiger partial charge in [-0.25, -0.2) is 0 Å². The summed E-state index contributed by atoms with van der Waals surface area (Å²) in [7, 11) is -1.26. The van der Waals surface area contributed by atoms with E-state index < -0.39 is 8.07 Å². The van der Waals surface area contributed by atoms with E-state index in [0.29, 0.717) is 17.6 Å². The van der Waals surface area contributed by atoms with E-state index in [1.807, 2.05) is 0 Å². The first-order chi connectivity index (χ1) is 8.94. The maximum Gasteiger partial charge on any atom is 0.133 e. The molecule has 0 aromatic heterocycles. The molecule has 3 saturated carbocycles. The van der Waals surface area contributed by atoms with E-state index in [2.05, 4.69) is 31.1 Å². The van der Waals surface area contributed by atoms with Crippen LogP contribution in [-0.2, 0) is 4.79 Å². The van der Waals surface area contributed by atoms with E-state index in [1.165, 1.54) is 19.3 Å². The zero-order valence-corrected chi connectivity index (χ0v) is 13.5. The fourth-order valence-electron chi connectivity index (χ4n) is 4.70. The first kappa shape index (κ1) is 13.4. The van der Waals surface area contributed by atoms with Crippen LogP contribution in [-0.4, -0.2) is 13.9 Å². The van der Waals surface area contributed by atoms with Crippen LogP contribution in [0.15, 0.2) is 0 Å². The van der Waals surface area contributed by atoms with Gasteiger partial charge < -0.3 is 0 Å². The van der Waals surface area contributed by atoms with Gasteiger partial charge in [0, 0.05) is 18.8 Å². The minimum absolute atomic E-state index is 0.504. The second-order valence-corrected chi connectivity index (χ2v) is 12.7. The number of Topliss-reactive ketones (excluding diaryl/α,β-unsaturated/α-hetero) is 1. The molecular formula is C17H26OSi. The van der Waals surface area contributed by atoms with Gasteiger partial charge in [0.2, 0.25) is 0 Å². The predicted molar refractivity (Wildman–Crippen MR) is 81.3 cm³/mol. The van der Waals surface area contributed by atoms with E-state index in [1.54, 1.807) is 0 Å². The van der Waals surface area contributed by atoms with Crippen LogP contribution in [0.4, 0.5) is 0 Å². The van der Waals surface area contributed by atoms with E-state index in [0.717, 1.165) is 37.0 Å². The summed E-state index contributed by atoms with van der Waals surface area (Å²) in [6.45, 7) is 7.00. The Hall–Kier alpha value is -0.553. The highest BCUT2D eigenvalue weighted by atomic mass is 28.3. The van der Waals surface area contributed by atoms with Crippen molar-refractivity contribution in [2.75, 3.05) is 0 Å². The van der Waals surface area contributed by atoms with Crippen LogP contribution < -0.4 is 0 Å². The second kappa shape index (κ2) is 4.77. The molecule has 0 saturated heterocycles. The maximum atomic E-state index is 11.6. The van der Waals surface area contributed by atoms with Crippen LogP contribution in [0.25, 0.3) is 0 Å². The molecule has 104 valence electrons. The van der Waals surface area contributed by atoms with Crippen molar-refractivity contribution in [3.63, 3.8) is 0 Å². The molecule has 0 radical (unpaired) electrons. The number of carbonyl (C=O) groups excluding carboxylic acids is 1.